The monoisotopic (exact) mass is 323 g/mol. The number of halogens is 1. The Morgan fingerprint density at radius 2 is 1.96 bits per heavy atom. The average molecular weight is 323 g/mol. The summed E-state index contributed by atoms with van der Waals surface area (Å²) in [4.78, 5) is 2.44. The molecular formula is C19H18FN3O. The van der Waals surface area contributed by atoms with Crippen molar-refractivity contribution in [3.05, 3.63) is 53.5 Å². The van der Waals surface area contributed by atoms with Gasteiger partial charge in [0.25, 0.3) is 0 Å². The van der Waals surface area contributed by atoms with Gasteiger partial charge in [-0.1, -0.05) is 12.0 Å². The Bertz CT molecular complexity index is 773. The highest BCUT2D eigenvalue weighted by molar-refractivity contribution is 5.40. The number of aromatic nitrogens is 2. The smallest absolute Gasteiger partial charge is 0.233 e. The van der Waals surface area contributed by atoms with Crippen molar-refractivity contribution in [1.82, 2.24) is 15.1 Å². The number of hydrogen-bond acceptors (Lipinski definition) is 4. The molecule has 3 fully saturated rings. The fourth-order valence-electron chi connectivity index (χ4n) is 3.35. The van der Waals surface area contributed by atoms with Gasteiger partial charge in [0.2, 0.25) is 5.88 Å². The summed E-state index contributed by atoms with van der Waals surface area (Å²) in [6, 6.07) is 9.78. The van der Waals surface area contributed by atoms with Crippen molar-refractivity contribution in [1.29, 1.82) is 0 Å². The Morgan fingerprint density at radius 1 is 1.08 bits per heavy atom. The van der Waals surface area contributed by atoms with Crippen LogP contribution in [-0.2, 0) is 0 Å². The third-order valence-corrected chi connectivity index (χ3v) is 4.67. The third-order valence-electron chi connectivity index (χ3n) is 4.67. The molecule has 2 bridgehead atoms. The Hall–Kier alpha value is -2.45. The molecule has 3 aliphatic heterocycles. The normalized spacial score (nSPS) is 25.0. The minimum atomic E-state index is -0.297. The fourth-order valence-corrected chi connectivity index (χ4v) is 3.35. The summed E-state index contributed by atoms with van der Waals surface area (Å²) in [5.41, 5.74) is 1.16. The van der Waals surface area contributed by atoms with Crippen LogP contribution in [0.1, 0.15) is 24.1 Å². The van der Waals surface area contributed by atoms with Crippen LogP contribution in [0.25, 0.3) is 0 Å². The van der Waals surface area contributed by atoms with Gasteiger partial charge in [0.15, 0.2) is 0 Å². The van der Waals surface area contributed by atoms with E-state index in [9.17, 15) is 4.39 Å². The zero-order valence-electron chi connectivity index (χ0n) is 13.3. The number of piperidine rings is 3. The Labute approximate surface area is 140 Å². The van der Waals surface area contributed by atoms with Gasteiger partial charge >= 0.3 is 0 Å². The molecule has 2 aromatic rings. The van der Waals surface area contributed by atoms with Crippen LogP contribution in [-0.4, -0.2) is 40.8 Å². The molecule has 5 rings (SSSR count). The Morgan fingerprint density at radius 3 is 2.62 bits per heavy atom. The van der Waals surface area contributed by atoms with Crippen LogP contribution >= 0.6 is 0 Å². The molecule has 122 valence electrons. The van der Waals surface area contributed by atoms with Crippen LogP contribution in [0.3, 0.4) is 0 Å². The van der Waals surface area contributed by atoms with Crippen LogP contribution in [0.5, 0.6) is 5.88 Å². The lowest BCUT2D eigenvalue weighted by Crippen LogP contribution is -2.52. The molecule has 4 nitrogen and oxygen atoms in total. The van der Waals surface area contributed by atoms with Crippen molar-refractivity contribution >= 4 is 0 Å². The first-order valence-corrected chi connectivity index (χ1v) is 8.26. The number of fused-ring (bicyclic) bond motifs is 3. The van der Waals surface area contributed by atoms with Gasteiger partial charge in [0, 0.05) is 18.2 Å². The van der Waals surface area contributed by atoms with Crippen LogP contribution in [0.2, 0.25) is 0 Å². The second kappa shape index (κ2) is 6.58. The van der Waals surface area contributed by atoms with Crippen molar-refractivity contribution in [3.63, 3.8) is 0 Å². The van der Waals surface area contributed by atoms with Gasteiger partial charge < -0.3 is 4.74 Å². The van der Waals surface area contributed by atoms with Crippen LogP contribution in [0.4, 0.5) is 4.39 Å². The molecule has 5 heteroatoms. The lowest BCUT2D eigenvalue weighted by Gasteiger charge is -2.44. The minimum Gasteiger partial charge on any atom is -0.472 e. The molecule has 0 spiro atoms. The standard InChI is InChI=1S/C19H18FN3O/c20-16-3-1-2-14(12-16)4-5-17-6-7-19(22-21-17)24-18-13-23-10-8-15(18)9-11-23/h1-3,6-7,12,15,18H,8-11,13H2. The second-order valence-corrected chi connectivity index (χ2v) is 6.31. The predicted octanol–water partition coefficient (Wildman–Crippen LogP) is 2.49. The van der Waals surface area contributed by atoms with E-state index >= 15 is 0 Å². The van der Waals surface area contributed by atoms with Gasteiger partial charge in [-0.05, 0) is 62.0 Å². The molecule has 1 aromatic carbocycles. The van der Waals surface area contributed by atoms with Gasteiger partial charge in [0.1, 0.15) is 17.6 Å². The largest absolute Gasteiger partial charge is 0.472 e. The summed E-state index contributed by atoms with van der Waals surface area (Å²) in [6.45, 7) is 3.35. The number of ether oxygens (including phenoxy) is 1. The zero-order valence-corrected chi connectivity index (χ0v) is 13.3. The summed E-state index contributed by atoms with van der Waals surface area (Å²) in [6.07, 6.45) is 2.62. The first-order valence-electron chi connectivity index (χ1n) is 8.26. The van der Waals surface area contributed by atoms with E-state index < -0.39 is 0 Å². The SMILES string of the molecule is Fc1cccc(C#Cc2ccc(OC3CN4CCC3CC4)nn2)c1. The van der Waals surface area contributed by atoms with Gasteiger partial charge in [-0.15, -0.1) is 10.2 Å². The number of nitrogens with zero attached hydrogens (tertiary/aromatic N) is 3. The average Bonchev–Trinajstić information content (AvgIpc) is 2.62. The van der Waals surface area contributed by atoms with Crippen LogP contribution in [0.15, 0.2) is 36.4 Å². The first kappa shape index (κ1) is 15.1. The van der Waals surface area contributed by atoms with Crippen LogP contribution in [0, 0.1) is 23.6 Å². The van der Waals surface area contributed by atoms with Crippen molar-refractivity contribution in [3.8, 4) is 17.7 Å². The minimum absolute atomic E-state index is 0.214. The maximum Gasteiger partial charge on any atom is 0.233 e. The lowest BCUT2D eigenvalue weighted by atomic mass is 9.86. The number of benzene rings is 1. The molecule has 4 heterocycles. The molecule has 1 unspecified atom stereocenters. The summed E-state index contributed by atoms with van der Waals surface area (Å²) >= 11 is 0. The van der Waals surface area contributed by atoms with E-state index in [1.54, 1.807) is 24.3 Å². The molecule has 0 aliphatic carbocycles. The third kappa shape index (κ3) is 3.39. The van der Waals surface area contributed by atoms with E-state index in [4.69, 9.17) is 4.74 Å². The van der Waals surface area contributed by atoms with Gasteiger partial charge in [-0.2, -0.15) is 0 Å². The van der Waals surface area contributed by atoms with Crippen molar-refractivity contribution in [2.75, 3.05) is 19.6 Å². The van der Waals surface area contributed by atoms with E-state index in [-0.39, 0.29) is 11.9 Å². The molecule has 3 saturated heterocycles. The number of hydrogen-bond donors (Lipinski definition) is 0. The van der Waals surface area contributed by atoms with Crippen molar-refractivity contribution in [2.45, 2.75) is 18.9 Å². The topological polar surface area (TPSA) is 38.2 Å². The van der Waals surface area contributed by atoms with E-state index in [1.807, 2.05) is 0 Å². The summed E-state index contributed by atoms with van der Waals surface area (Å²) in [5.74, 6) is 6.65. The highest BCUT2D eigenvalue weighted by Gasteiger charge is 2.35. The van der Waals surface area contributed by atoms with E-state index in [1.165, 1.54) is 38.1 Å². The Balaban J connectivity index is 1.42. The van der Waals surface area contributed by atoms with Gasteiger partial charge in [-0.25, -0.2) is 4.39 Å². The molecule has 0 amide bonds. The fraction of sp³-hybridized carbons (Fsp3) is 0.368. The summed E-state index contributed by atoms with van der Waals surface area (Å²) in [7, 11) is 0. The number of rotatable bonds is 2. The molecule has 0 radical (unpaired) electrons. The first-order chi connectivity index (χ1) is 11.8. The quantitative estimate of drug-likeness (QED) is 0.796. The maximum absolute atomic E-state index is 13.1. The summed E-state index contributed by atoms with van der Waals surface area (Å²) < 4.78 is 19.1. The maximum atomic E-state index is 13.1. The van der Waals surface area contributed by atoms with E-state index in [0.717, 1.165) is 6.54 Å². The van der Waals surface area contributed by atoms with Crippen molar-refractivity contribution in [2.24, 2.45) is 5.92 Å². The predicted molar refractivity (Wildman–Crippen MR) is 88.0 cm³/mol. The Kier molecular flexibility index (Phi) is 4.14. The molecule has 1 aromatic heterocycles. The van der Waals surface area contributed by atoms with Gasteiger partial charge in [-0.3, -0.25) is 4.90 Å². The lowest BCUT2D eigenvalue weighted by molar-refractivity contribution is -0.0104. The molecule has 24 heavy (non-hydrogen) atoms. The summed E-state index contributed by atoms with van der Waals surface area (Å²) in [5, 5.41) is 8.21. The van der Waals surface area contributed by atoms with Crippen LogP contribution < -0.4 is 4.74 Å². The van der Waals surface area contributed by atoms with Crippen molar-refractivity contribution < 1.29 is 9.13 Å². The molecular weight excluding hydrogens is 305 g/mol. The zero-order chi connectivity index (χ0) is 16.4. The van der Waals surface area contributed by atoms with E-state index in [0.29, 0.717) is 23.1 Å². The van der Waals surface area contributed by atoms with E-state index in [2.05, 4.69) is 26.9 Å². The molecule has 0 saturated carbocycles. The molecule has 1 atom stereocenters. The highest BCUT2D eigenvalue weighted by Crippen LogP contribution is 2.29. The second-order valence-electron chi connectivity index (χ2n) is 6.31. The molecule has 3 aliphatic rings. The highest BCUT2D eigenvalue weighted by atomic mass is 19.1. The molecule has 0 N–H and O–H groups in total. The van der Waals surface area contributed by atoms with Gasteiger partial charge in [0.05, 0.1) is 0 Å².